The smallest absolute Gasteiger partial charge is 0.203 e. The highest BCUT2D eigenvalue weighted by atomic mass is 32.2. The summed E-state index contributed by atoms with van der Waals surface area (Å²) in [6, 6.07) is 19.4. The molecule has 0 spiro atoms. The Kier molecular flexibility index (Phi) is 8.21. The fraction of sp³-hybridized carbons (Fsp3) is 0.226. The number of ether oxygens (including phenoxy) is 3. The molecule has 2 heterocycles. The molecule has 10 heteroatoms. The summed E-state index contributed by atoms with van der Waals surface area (Å²) in [5.74, 6) is 1.76. The van der Waals surface area contributed by atoms with Crippen LogP contribution in [0.15, 0.2) is 96.8 Å². The second-order valence-corrected chi connectivity index (χ2v) is 11.3. The standard InChI is InChI=1S/C31H31FN4O4S/c1-31(2,22-5-14-27(38-3)28(19-22)39-4)29-20-34-30(36(29)25-8-6-23(32)7-9-25)41(37)18-17-40-26-12-10-24(11-13-26)35-16-15-33-21-35/h5-16,19-21H,17-18H2,1-4H3. The lowest BCUT2D eigenvalue weighted by molar-refractivity contribution is 0.342. The molecule has 2 aromatic heterocycles. The van der Waals surface area contributed by atoms with Crippen molar-refractivity contribution in [3.8, 4) is 28.6 Å². The maximum Gasteiger partial charge on any atom is 0.203 e. The molecule has 1 atom stereocenters. The number of hydrogen-bond donors (Lipinski definition) is 0. The molecule has 0 aliphatic carbocycles. The van der Waals surface area contributed by atoms with Gasteiger partial charge >= 0.3 is 0 Å². The molecular formula is C31H31FN4O4S. The summed E-state index contributed by atoms with van der Waals surface area (Å²) in [7, 11) is 1.67. The van der Waals surface area contributed by atoms with Crippen LogP contribution in [0.1, 0.15) is 25.1 Å². The fourth-order valence-electron chi connectivity index (χ4n) is 4.60. The maximum absolute atomic E-state index is 13.8. The predicted octanol–water partition coefficient (Wildman–Crippen LogP) is 5.73. The molecule has 0 radical (unpaired) electrons. The van der Waals surface area contributed by atoms with Gasteiger partial charge in [0.1, 0.15) is 18.2 Å². The average molecular weight is 575 g/mol. The van der Waals surface area contributed by atoms with Crippen molar-refractivity contribution in [3.05, 3.63) is 109 Å². The number of methoxy groups -OCH3 is 2. The highest BCUT2D eigenvalue weighted by molar-refractivity contribution is 7.84. The second-order valence-electron chi connectivity index (χ2n) is 9.79. The summed E-state index contributed by atoms with van der Waals surface area (Å²) in [6.45, 7) is 4.32. The minimum Gasteiger partial charge on any atom is -0.493 e. The molecule has 0 fully saturated rings. The first-order chi connectivity index (χ1) is 19.8. The molecule has 0 saturated carbocycles. The van der Waals surface area contributed by atoms with Gasteiger partial charge in [0.2, 0.25) is 5.16 Å². The molecule has 0 amide bonds. The van der Waals surface area contributed by atoms with Crippen molar-refractivity contribution in [2.45, 2.75) is 24.4 Å². The molecule has 0 aliphatic rings. The number of imidazole rings is 2. The Hall–Kier alpha value is -4.44. The molecule has 5 aromatic rings. The van der Waals surface area contributed by atoms with Crippen LogP contribution in [-0.2, 0) is 16.2 Å². The Balaban J connectivity index is 1.41. The van der Waals surface area contributed by atoms with E-state index in [4.69, 9.17) is 14.2 Å². The summed E-state index contributed by atoms with van der Waals surface area (Å²) >= 11 is 0. The molecule has 1 unspecified atom stereocenters. The van der Waals surface area contributed by atoms with E-state index >= 15 is 0 Å². The number of rotatable bonds is 11. The zero-order valence-electron chi connectivity index (χ0n) is 23.3. The van der Waals surface area contributed by atoms with Crippen LogP contribution in [0, 0.1) is 5.82 Å². The summed E-state index contributed by atoms with van der Waals surface area (Å²) in [4.78, 5) is 8.66. The van der Waals surface area contributed by atoms with Gasteiger partial charge in [0.15, 0.2) is 11.5 Å². The Bertz CT molecular complexity index is 1630. The molecule has 212 valence electrons. The molecular weight excluding hydrogens is 543 g/mol. The van der Waals surface area contributed by atoms with Crippen molar-refractivity contribution in [2.75, 3.05) is 26.6 Å². The second kappa shape index (κ2) is 12.0. The van der Waals surface area contributed by atoms with Gasteiger partial charge in [-0.1, -0.05) is 19.9 Å². The lowest BCUT2D eigenvalue weighted by Crippen LogP contribution is -2.24. The molecule has 8 nitrogen and oxygen atoms in total. The van der Waals surface area contributed by atoms with Crippen LogP contribution in [-0.4, -0.2) is 49.9 Å². The molecule has 0 N–H and O–H groups in total. The fourth-order valence-corrected chi connectivity index (χ4v) is 5.60. The average Bonchev–Trinajstić information content (AvgIpc) is 3.69. The van der Waals surface area contributed by atoms with Gasteiger partial charge < -0.3 is 18.8 Å². The van der Waals surface area contributed by atoms with Gasteiger partial charge in [-0.3, -0.25) is 8.78 Å². The third kappa shape index (κ3) is 5.88. The van der Waals surface area contributed by atoms with Crippen LogP contribution in [0.3, 0.4) is 0 Å². The zero-order chi connectivity index (χ0) is 29.0. The molecule has 41 heavy (non-hydrogen) atoms. The molecule has 5 rings (SSSR count). The minimum absolute atomic E-state index is 0.220. The molecule has 0 bridgehead atoms. The van der Waals surface area contributed by atoms with Crippen molar-refractivity contribution in [1.29, 1.82) is 0 Å². The summed E-state index contributed by atoms with van der Waals surface area (Å²) in [5.41, 5.74) is 2.77. The predicted molar refractivity (Wildman–Crippen MR) is 156 cm³/mol. The molecule has 3 aromatic carbocycles. The van der Waals surface area contributed by atoms with Crippen LogP contribution in [0.4, 0.5) is 4.39 Å². The number of hydrogen-bond acceptors (Lipinski definition) is 6. The molecule has 0 saturated heterocycles. The van der Waals surface area contributed by atoms with Gasteiger partial charge in [0.25, 0.3) is 0 Å². The van der Waals surface area contributed by atoms with Crippen LogP contribution in [0.2, 0.25) is 0 Å². The van der Waals surface area contributed by atoms with E-state index in [-0.39, 0.29) is 18.2 Å². The summed E-state index contributed by atoms with van der Waals surface area (Å²) in [6.07, 6.45) is 7.03. The van der Waals surface area contributed by atoms with E-state index in [1.807, 2.05) is 57.8 Å². The minimum atomic E-state index is -1.51. The zero-order valence-corrected chi connectivity index (χ0v) is 24.1. The van der Waals surface area contributed by atoms with Gasteiger partial charge in [-0.15, -0.1) is 0 Å². The number of benzene rings is 3. The van der Waals surface area contributed by atoms with Gasteiger partial charge in [-0.05, 0) is 66.2 Å². The van der Waals surface area contributed by atoms with Crippen molar-refractivity contribution in [2.24, 2.45) is 0 Å². The Morgan fingerprint density at radius 3 is 2.29 bits per heavy atom. The van der Waals surface area contributed by atoms with Gasteiger partial charge in [0, 0.05) is 29.2 Å². The van der Waals surface area contributed by atoms with E-state index in [0.717, 1.165) is 16.9 Å². The first-order valence-electron chi connectivity index (χ1n) is 13.0. The van der Waals surface area contributed by atoms with E-state index in [1.165, 1.54) is 12.1 Å². The summed E-state index contributed by atoms with van der Waals surface area (Å²) in [5, 5.41) is 0.360. The number of halogens is 1. The monoisotopic (exact) mass is 574 g/mol. The highest BCUT2D eigenvalue weighted by Crippen LogP contribution is 2.38. The van der Waals surface area contributed by atoms with Gasteiger partial charge in [-0.25, -0.2) is 14.4 Å². The largest absolute Gasteiger partial charge is 0.493 e. The summed E-state index contributed by atoms with van der Waals surface area (Å²) < 4.78 is 48.0. The van der Waals surface area contributed by atoms with E-state index in [0.29, 0.717) is 28.1 Å². The van der Waals surface area contributed by atoms with Crippen LogP contribution < -0.4 is 14.2 Å². The Morgan fingerprint density at radius 1 is 0.927 bits per heavy atom. The van der Waals surface area contributed by atoms with Crippen molar-refractivity contribution in [3.63, 3.8) is 0 Å². The van der Waals surface area contributed by atoms with Crippen LogP contribution >= 0.6 is 0 Å². The van der Waals surface area contributed by atoms with E-state index in [2.05, 4.69) is 23.8 Å². The van der Waals surface area contributed by atoms with E-state index in [1.54, 1.807) is 45.1 Å². The van der Waals surface area contributed by atoms with Crippen molar-refractivity contribution < 1.29 is 22.8 Å². The third-order valence-corrected chi connectivity index (χ3v) is 8.17. The first kappa shape index (κ1) is 28.1. The van der Waals surface area contributed by atoms with Crippen LogP contribution in [0.5, 0.6) is 17.2 Å². The lowest BCUT2D eigenvalue weighted by atomic mass is 9.81. The van der Waals surface area contributed by atoms with Crippen LogP contribution in [0.25, 0.3) is 11.4 Å². The Labute approximate surface area is 240 Å². The topological polar surface area (TPSA) is 80.4 Å². The highest BCUT2D eigenvalue weighted by Gasteiger charge is 2.31. The number of aromatic nitrogens is 4. The lowest BCUT2D eigenvalue weighted by Gasteiger charge is -2.28. The Morgan fingerprint density at radius 2 is 1.63 bits per heavy atom. The van der Waals surface area contributed by atoms with Crippen molar-refractivity contribution in [1.82, 2.24) is 19.1 Å². The number of nitrogens with zero attached hydrogens (tertiary/aromatic N) is 4. The molecule has 0 aliphatic heterocycles. The van der Waals surface area contributed by atoms with E-state index in [9.17, 15) is 8.60 Å². The third-order valence-electron chi connectivity index (χ3n) is 6.94. The van der Waals surface area contributed by atoms with Gasteiger partial charge in [-0.2, -0.15) is 0 Å². The van der Waals surface area contributed by atoms with E-state index < -0.39 is 16.2 Å². The normalized spacial score (nSPS) is 12.2. The first-order valence-corrected chi connectivity index (χ1v) is 14.3. The maximum atomic E-state index is 13.8. The SMILES string of the molecule is COc1ccc(C(C)(C)c2cnc(S(=O)CCOc3ccc(-n4ccnc4)cc3)n2-c2ccc(F)cc2)cc1OC. The quantitative estimate of drug-likeness (QED) is 0.201. The van der Waals surface area contributed by atoms with Crippen molar-refractivity contribution >= 4 is 10.8 Å². The van der Waals surface area contributed by atoms with Gasteiger partial charge in [0.05, 0.1) is 49.0 Å².